The van der Waals surface area contributed by atoms with Crippen LogP contribution in [0, 0.1) is 0 Å². The summed E-state index contributed by atoms with van der Waals surface area (Å²) in [6.07, 6.45) is 0.0719. The van der Waals surface area contributed by atoms with E-state index in [1.807, 2.05) is 13.0 Å². The molecule has 0 radical (unpaired) electrons. The lowest BCUT2D eigenvalue weighted by Crippen LogP contribution is -2.47. The van der Waals surface area contributed by atoms with Gasteiger partial charge in [0.25, 0.3) is 5.91 Å². The van der Waals surface area contributed by atoms with Crippen LogP contribution in [-0.4, -0.2) is 33.3 Å². The molecule has 1 atom stereocenters. The number of benzene rings is 2. The molecule has 0 saturated heterocycles. The van der Waals surface area contributed by atoms with E-state index in [1.165, 1.54) is 11.0 Å². The zero-order valence-electron chi connectivity index (χ0n) is 21.3. The first kappa shape index (κ1) is 25.4. The molecule has 1 aliphatic heterocycles. The molecular formula is C27H32F3N5O2. The van der Waals surface area contributed by atoms with Crippen molar-refractivity contribution >= 4 is 11.6 Å². The number of alkyl halides is 3. The Morgan fingerprint density at radius 3 is 2.57 bits per heavy atom. The SMILES string of the molecule is CO[C@@](C)(c1cccc(N2Cc3c(cc(CNC4(C)CCC4)cc3C(F)(F)F)C2=O)c1)c1nncn1C.[HH]. The highest BCUT2D eigenvalue weighted by Gasteiger charge is 2.41. The molecule has 7 nitrogen and oxygen atoms in total. The molecule has 1 N–H and O–H groups in total. The van der Waals surface area contributed by atoms with Gasteiger partial charge in [-0.05, 0) is 74.1 Å². The maximum absolute atomic E-state index is 14.1. The number of carbonyl (C=O) groups excluding carboxylic acids is 1. The van der Waals surface area contributed by atoms with Crippen molar-refractivity contribution in [2.75, 3.05) is 12.0 Å². The van der Waals surface area contributed by atoms with Gasteiger partial charge in [0.1, 0.15) is 11.9 Å². The molecule has 0 unspecified atom stereocenters. The fourth-order valence-corrected chi connectivity index (χ4v) is 5.26. The van der Waals surface area contributed by atoms with E-state index in [0.29, 0.717) is 22.6 Å². The van der Waals surface area contributed by atoms with Gasteiger partial charge in [-0.3, -0.25) is 4.79 Å². The number of nitrogens with zero attached hydrogens (tertiary/aromatic N) is 4. The molecule has 1 saturated carbocycles. The van der Waals surface area contributed by atoms with Gasteiger partial charge >= 0.3 is 6.18 Å². The number of hydrogen-bond donors (Lipinski definition) is 1. The number of carbonyl (C=O) groups is 1. The van der Waals surface area contributed by atoms with Crippen molar-refractivity contribution in [1.29, 1.82) is 0 Å². The van der Waals surface area contributed by atoms with Crippen molar-refractivity contribution in [2.45, 2.75) is 63.5 Å². The van der Waals surface area contributed by atoms with Crippen LogP contribution in [0.15, 0.2) is 42.7 Å². The topological polar surface area (TPSA) is 72.3 Å². The number of halogens is 3. The van der Waals surface area contributed by atoms with E-state index < -0.39 is 23.2 Å². The third-order valence-electron chi connectivity index (χ3n) is 7.84. The number of aryl methyl sites for hydroxylation is 1. The second-order valence-corrected chi connectivity index (χ2v) is 10.4. The Balaban J connectivity index is 0.00000336. The minimum absolute atomic E-state index is 0. The number of rotatable bonds is 7. The van der Waals surface area contributed by atoms with Gasteiger partial charge in [0.15, 0.2) is 5.82 Å². The highest BCUT2D eigenvalue weighted by atomic mass is 19.4. The monoisotopic (exact) mass is 515 g/mol. The van der Waals surface area contributed by atoms with Crippen molar-refractivity contribution in [3.63, 3.8) is 0 Å². The Morgan fingerprint density at radius 2 is 1.97 bits per heavy atom. The third-order valence-corrected chi connectivity index (χ3v) is 7.84. The Hall–Kier alpha value is -3.24. The van der Waals surface area contributed by atoms with Crippen molar-refractivity contribution in [3.05, 3.63) is 76.4 Å². The van der Waals surface area contributed by atoms with E-state index in [0.717, 1.165) is 19.3 Å². The summed E-state index contributed by atoms with van der Waals surface area (Å²) in [4.78, 5) is 14.9. The molecule has 1 amide bonds. The van der Waals surface area contributed by atoms with Gasteiger partial charge in [0.2, 0.25) is 0 Å². The van der Waals surface area contributed by atoms with E-state index >= 15 is 0 Å². The van der Waals surface area contributed by atoms with Crippen molar-refractivity contribution < 1.29 is 24.1 Å². The normalized spacial score (nSPS) is 18.5. The summed E-state index contributed by atoms with van der Waals surface area (Å²) in [5.74, 6) is 0.104. The fraction of sp³-hybridized carbons (Fsp3) is 0.444. The Morgan fingerprint density at radius 1 is 1.22 bits per heavy atom. The standard InChI is InChI=1S/C27H30F3N5O2.H2/c1-25(9-6-10-25)31-14-17-11-20-21(22(12-17)27(28,29)30)15-35(23(20)36)19-8-5-7-18(13-19)26(2,37-4)24-33-32-16-34(24)3;/h5,7-8,11-13,16,31H,6,9-10,14-15H2,1-4H3;1H/t26-;/m0./s1. The predicted octanol–water partition coefficient (Wildman–Crippen LogP) is 5.18. The molecular weight excluding hydrogens is 483 g/mol. The summed E-state index contributed by atoms with van der Waals surface area (Å²) < 4.78 is 49.9. The molecule has 2 aromatic carbocycles. The zero-order valence-corrected chi connectivity index (χ0v) is 21.3. The zero-order chi connectivity index (χ0) is 26.6. The van der Waals surface area contributed by atoms with Crippen LogP contribution < -0.4 is 10.2 Å². The Kier molecular flexibility index (Phi) is 6.15. The number of amides is 1. The lowest BCUT2D eigenvalue weighted by molar-refractivity contribution is -0.138. The number of hydrogen-bond acceptors (Lipinski definition) is 5. The first-order valence-corrected chi connectivity index (χ1v) is 12.3. The van der Waals surface area contributed by atoms with Crippen LogP contribution in [0.5, 0.6) is 0 Å². The number of fused-ring (bicyclic) bond motifs is 1. The molecule has 5 rings (SSSR count). The van der Waals surface area contributed by atoms with Crippen LogP contribution in [0.25, 0.3) is 0 Å². The summed E-state index contributed by atoms with van der Waals surface area (Å²) >= 11 is 0. The van der Waals surface area contributed by atoms with E-state index in [4.69, 9.17) is 4.74 Å². The van der Waals surface area contributed by atoms with Crippen LogP contribution in [0.2, 0.25) is 0 Å². The van der Waals surface area contributed by atoms with Gasteiger partial charge in [0.05, 0.1) is 12.1 Å². The van der Waals surface area contributed by atoms with Gasteiger partial charge in [-0.25, -0.2) is 0 Å². The van der Waals surface area contributed by atoms with E-state index in [2.05, 4.69) is 22.4 Å². The lowest BCUT2D eigenvalue weighted by atomic mass is 9.78. The smallest absolute Gasteiger partial charge is 0.366 e. The molecule has 37 heavy (non-hydrogen) atoms. The van der Waals surface area contributed by atoms with Crippen molar-refractivity contribution in [3.8, 4) is 0 Å². The molecule has 1 fully saturated rings. The fourth-order valence-electron chi connectivity index (χ4n) is 5.26. The Bertz CT molecular complexity index is 1350. The van der Waals surface area contributed by atoms with Gasteiger partial charge in [-0.15, -0.1) is 10.2 Å². The molecule has 198 valence electrons. The summed E-state index contributed by atoms with van der Waals surface area (Å²) in [7, 11) is 3.35. The maximum atomic E-state index is 14.1. The van der Waals surface area contributed by atoms with Crippen LogP contribution in [0.3, 0.4) is 0 Å². The highest BCUT2D eigenvalue weighted by molar-refractivity contribution is 6.10. The molecule has 1 aromatic heterocycles. The molecule has 1 aliphatic carbocycles. The summed E-state index contributed by atoms with van der Waals surface area (Å²) in [5.41, 5.74) is -0.0654. The van der Waals surface area contributed by atoms with Gasteiger partial charge in [-0.1, -0.05) is 12.1 Å². The van der Waals surface area contributed by atoms with Crippen molar-refractivity contribution in [2.24, 2.45) is 7.05 Å². The van der Waals surface area contributed by atoms with Gasteiger partial charge in [0, 0.05) is 38.9 Å². The second kappa shape index (κ2) is 8.95. The molecule has 0 spiro atoms. The van der Waals surface area contributed by atoms with E-state index in [1.54, 1.807) is 49.3 Å². The Labute approximate surface area is 215 Å². The minimum atomic E-state index is -4.57. The number of aromatic nitrogens is 3. The molecule has 0 bridgehead atoms. The summed E-state index contributed by atoms with van der Waals surface area (Å²) in [5, 5.41) is 11.5. The van der Waals surface area contributed by atoms with E-state index in [9.17, 15) is 18.0 Å². The first-order valence-electron chi connectivity index (χ1n) is 12.3. The van der Waals surface area contributed by atoms with Crippen LogP contribution in [0.1, 0.15) is 73.0 Å². The molecule has 2 aliphatic rings. The van der Waals surface area contributed by atoms with Gasteiger partial charge < -0.3 is 19.5 Å². The van der Waals surface area contributed by atoms with Crippen LogP contribution >= 0.6 is 0 Å². The third kappa shape index (κ3) is 4.42. The molecule has 2 heterocycles. The number of anilines is 1. The summed E-state index contributed by atoms with van der Waals surface area (Å²) in [6.45, 7) is 4.02. The average Bonchev–Trinajstić information content (AvgIpc) is 3.43. The average molecular weight is 516 g/mol. The van der Waals surface area contributed by atoms with Crippen LogP contribution in [-0.2, 0) is 36.7 Å². The lowest BCUT2D eigenvalue weighted by Gasteiger charge is -2.39. The largest absolute Gasteiger partial charge is 0.416 e. The summed E-state index contributed by atoms with van der Waals surface area (Å²) in [6, 6.07) is 9.85. The van der Waals surface area contributed by atoms with Crippen LogP contribution in [0.4, 0.5) is 18.9 Å². The highest BCUT2D eigenvalue weighted by Crippen LogP contribution is 2.41. The molecule has 10 heteroatoms. The minimum Gasteiger partial charge on any atom is -0.366 e. The van der Waals surface area contributed by atoms with E-state index in [-0.39, 0.29) is 31.2 Å². The quantitative estimate of drug-likeness (QED) is 0.469. The second-order valence-electron chi connectivity index (χ2n) is 10.4. The maximum Gasteiger partial charge on any atom is 0.416 e. The van der Waals surface area contributed by atoms with Crippen molar-refractivity contribution in [1.82, 2.24) is 20.1 Å². The number of nitrogens with one attached hydrogen (secondary N) is 1. The van der Waals surface area contributed by atoms with Gasteiger partial charge in [-0.2, -0.15) is 13.2 Å². The number of ether oxygens (including phenoxy) is 1. The number of methoxy groups -OCH3 is 1. The predicted molar refractivity (Wildman–Crippen MR) is 134 cm³/mol. The first-order chi connectivity index (χ1) is 17.4. The molecule has 3 aromatic rings.